The summed E-state index contributed by atoms with van der Waals surface area (Å²) in [6.07, 6.45) is 4.19. The van der Waals surface area contributed by atoms with Crippen LogP contribution in [0.4, 0.5) is 30.7 Å². The average molecular weight is 1280 g/mol. The van der Waals surface area contributed by atoms with Crippen molar-refractivity contribution in [2.45, 2.75) is 93.9 Å². The number of hydrogen-bond acceptors (Lipinski definition) is 11. The Balaban J connectivity index is 0.000000187. The number of ether oxygens (including phenoxy) is 3. The fourth-order valence-corrected chi connectivity index (χ4v) is 9.65. The zero-order chi connectivity index (χ0) is 59.9. The number of carboxylic acid groups (broad SMARTS) is 1. The summed E-state index contributed by atoms with van der Waals surface area (Å²) in [4.78, 5) is 62.6. The van der Waals surface area contributed by atoms with Crippen LogP contribution in [0.3, 0.4) is 0 Å². The summed E-state index contributed by atoms with van der Waals surface area (Å²) in [7, 11) is 0. The van der Waals surface area contributed by atoms with Gasteiger partial charge in [-0.25, -0.2) is 22.4 Å². The van der Waals surface area contributed by atoms with Crippen LogP contribution in [0.5, 0.6) is 11.5 Å². The summed E-state index contributed by atoms with van der Waals surface area (Å²) in [5, 5.41) is 27.0. The van der Waals surface area contributed by atoms with Gasteiger partial charge in [0, 0.05) is 79.1 Å². The molecule has 5 fully saturated rings. The molecular weight excluding hydrogens is 1220 g/mol. The second-order valence-corrected chi connectivity index (χ2v) is 21.9. The van der Waals surface area contributed by atoms with Crippen molar-refractivity contribution in [3.8, 4) is 11.5 Å². The zero-order valence-corrected chi connectivity index (χ0v) is 48.4. The van der Waals surface area contributed by atoms with Crippen molar-refractivity contribution in [3.05, 3.63) is 148 Å². The van der Waals surface area contributed by atoms with E-state index in [1.165, 1.54) is 42.5 Å². The molecule has 0 radical (unpaired) electrons. The number of benzene rings is 4. The molecule has 2 atom stereocenters. The number of aliphatic carboxylic acids is 1. The quantitative estimate of drug-likeness (QED) is 0.0510. The topological polar surface area (TPSA) is 206 Å². The Morgan fingerprint density at radius 1 is 0.655 bits per heavy atom. The lowest BCUT2D eigenvalue weighted by Gasteiger charge is -2.33. The Bertz CT molecular complexity index is 3490. The van der Waals surface area contributed by atoms with Gasteiger partial charge in [-0.3, -0.25) is 19.2 Å². The van der Waals surface area contributed by atoms with E-state index < -0.39 is 58.3 Å². The van der Waals surface area contributed by atoms with Gasteiger partial charge in [0.1, 0.15) is 71.3 Å². The first-order chi connectivity index (χ1) is 39.4. The molecule has 0 spiro atoms. The molecule has 2 amide bonds. The molecule has 5 heterocycles. The van der Waals surface area contributed by atoms with Gasteiger partial charge in [-0.2, -0.15) is 26.7 Å². The Morgan fingerprint density at radius 2 is 1.07 bits per heavy atom. The van der Waals surface area contributed by atoms with Crippen LogP contribution in [0, 0.1) is 23.3 Å². The predicted molar refractivity (Wildman–Crippen MR) is 307 cm³/mol. The molecule has 28 heteroatoms. The molecule has 2 aliphatic carbocycles. The summed E-state index contributed by atoms with van der Waals surface area (Å²) in [6, 6.07) is 13.9. The minimum atomic E-state index is -5.08. The molecule has 11 rings (SSSR count). The second-order valence-electron chi connectivity index (χ2n) is 20.3. The van der Waals surface area contributed by atoms with Gasteiger partial charge >= 0.3 is 12.1 Å². The summed E-state index contributed by atoms with van der Waals surface area (Å²) < 4.78 is 106. The number of carbonyl (C=O) groups excluding carboxylic acids is 2. The molecule has 0 bridgehead atoms. The second kappa shape index (κ2) is 29.0. The van der Waals surface area contributed by atoms with Crippen molar-refractivity contribution in [3.63, 3.8) is 0 Å². The molecule has 454 valence electrons. The number of alkyl halides is 3. The summed E-state index contributed by atoms with van der Waals surface area (Å²) in [5.41, 5.74) is 0.189. The molecule has 16 nitrogen and oxygen atoms in total. The van der Waals surface area contributed by atoms with Crippen molar-refractivity contribution >= 4 is 99.5 Å². The minimum absolute atomic E-state index is 0. The summed E-state index contributed by atoms with van der Waals surface area (Å²) in [6.45, 7) is 4.52. The average Bonchev–Trinajstić information content (AvgIpc) is 2.79. The number of rotatable bonds is 14. The maximum absolute atomic E-state index is 14.1. The van der Waals surface area contributed by atoms with Gasteiger partial charge in [0.2, 0.25) is 10.9 Å². The van der Waals surface area contributed by atoms with E-state index >= 15 is 0 Å². The summed E-state index contributed by atoms with van der Waals surface area (Å²) in [5.74, 6) is -5.25. The molecule has 5 N–H and O–H groups in total. The normalized spacial score (nSPS) is 17.5. The van der Waals surface area contributed by atoms with Crippen molar-refractivity contribution < 1.29 is 69.5 Å². The number of likely N-dealkylation sites (tertiary alicyclic amines) is 1. The lowest BCUT2D eigenvalue weighted by Crippen LogP contribution is -2.47. The van der Waals surface area contributed by atoms with Gasteiger partial charge in [-0.15, -0.1) is 0 Å². The number of nitrogens with one attached hydrogen (secondary N) is 3. The number of carboxylic acids is 1. The van der Waals surface area contributed by atoms with E-state index in [9.17, 15) is 55.0 Å². The van der Waals surface area contributed by atoms with Crippen molar-refractivity contribution in [2.24, 2.45) is 0 Å². The molecule has 5 aliphatic rings. The fourth-order valence-electron chi connectivity index (χ4n) is 9.10. The smallest absolute Gasteiger partial charge is 0.490 e. The van der Waals surface area contributed by atoms with Crippen molar-refractivity contribution in [2.75, 3.05) is 52.5 Å². The van der Waals surface area contributed by atoms with Crippen LogP contribution in [-0.4, -0.2) is 125 Å². The number of aliphatic hydroxyl groups excluding tert-OH is 1. The van der Waals surface area contributed by atoms with Crippen molar-refractivity contribution in [1.82, 2.24) is 30.0 Å². The third kappa shape index (κ3) is 17.9. The Hall–Kier alpha value is -5.83. The SMILES string of the molecule is Fc1cc(OC[C@@H]2CO2)ccc1Cl.O=C(NC1CCN(C[C@H](O)COc2ccc(Cl)c(F)c2)CC1)c1cn(C2CC2)c2cc(Cl)c(F)cc2c1=O.O=C(NC1CCNCC1)c1cn(C2CC2)c2cc(Cl)c(F)cc2c1=O.O=C(O)C(F)(F)F.S. The summed E-state index contributed by atoms with van der Waals surface area (Å²) >= 11 is 23.0. The van der Waals surface area contributed by atoms with Crippen LogP contribution >= 0.6 is 59.9 Å². The lowest BCUT2D eigenvalue weighted by atomic mass is 10.0. The highest BCUT2D eigenvalue weighted by Gasteiger charge is 2.38. The molecular formula is C56H57Cl4F7N6O10S. The van der Waals surface area contributed by atoms with Gasteiger partial charge in [0.15, 0.2) is 0 Å². The van der Waals surface area contributed by atoms with E-state index in [1.54, 1.807) is 18.5 Å². The van der Waals surface area contributed by atoms with Gasteiger partial charge in [0.25, 0.3) is 11.8 Å². The Morgan fingerprint density at radius 3 is 1.48 bits per heavy atom. The van der Waals surface area contributed by atoms with Crippen molar-refractivity contribution in [1.29, 1.82) is 0 Å². The van der Waals surface area contributed by atoms with Gasteiger partial charge in [0.05, 0.1) is 37.7 Å². The number of piperidine rings is 2. The first-order valence-corrected chi connectivity index (χ1v) is 27.8. The zero-order valence-electron chi connectivity index (χ0n) is 44.4. The number of nitrogens with zero attached hydrogens (tertiary/aromatic N) is 3. The molecule has 84 heavy (non-hydrogen) atoms. The van der Waals surface area contributed by atoms with E-state index in [4.69, 9.17) is 70.5 Å². The van der Waals surface area contributed by atoms with Crippen LogP contribution in [0.15, 0.2) is 82.6 Å². The number of carbonyl (C=O) groups is 3. The molecule has 2 aromatic heterocycles. The fraction of sp³-hybridized carbons (Fsp3) is 0.411. The van der Waals surface area contributed by atoms with Gasteiger partial charge in [-0.1, -0.05) is 46.4 Å². The van der Waals surface area contributed by atoms with Gasteiger partial charge < -0.3 is 54.4 Å². The molecule has 3 aliphatic heterocycles. The molecule has 3 saturated heterocycles. The van der Waals surface area contributed by atoms with E-state index in [-0.39, 0.29) is 104 Å². The Labute approximate surface area is 502 Å². The monoisotopic (exact) mass is 1280 g/mol. The first-order valence-electron chi connectivity index (χ1n) is 26.3. The standard InChI is InChI=1S/C27H27Cl2F2N3O4.C18H19ClFN3O2.C9H8ClFO2.C2HF3O2.H2S/c28-21-4-3-18(9-23(21)30)38-14-17(35)12-33-7-5-15(6-8-33)32-27(37)20-13-34(16-1-2-16)25-11-22(29)24(31)10-19(25)26(20)36;19-14-8-16-12(7-15(14)20)17(24)13(9-23(16)11-1-2-11)18(25)22-10-3-5-21-6-4-10;10-8-2-1-6(3-9(8)11)12-4-7-5-13-7;3-2(4,5)1(6)7;/h3-4,9-11,13,15-17,35H,1-2,5-8,12,14H2,(H,32,37);7-11,21H,1-6H2,(H,22,25);1-3,7H,4-5H2;(H,6,7);1H2/t17-;;7-;;/m0.1../s1. The number of aliphatic hydroxyl groups is 1. The van der Waals surface area contributed by atoms with Gasteiger partial charge in [-0.05, 0) is 113 Å². The number of fused-ring (bicyclic) bond motifs is 2. The number of β-amino-alcohol motifs (C(OH)–C–C–N with tert-alkyl or cyclic N) is 1. The number of amides is 2. The number of epoxide rings is 1. The number of hydrogen-bond donors (Lipinski definition) is 5. The van der Waals surface area contributed by atoms with Crippen LogP contribution in [0.25, 0.3) is 21.8 Å². The first kappa shape index (κ1) is 65.7. The largest absolute Gasteiger partial charge is 0.491 e. The Kier molecular flexibility index (Phi) is 22.7. The number of halogens is 11. The highest BCUT2D eigenvalue weighted by atomic mass is 35.5. The van der Waals surface area contributed by atoms with Crippen LogP contribution in [0.2, 0.25) is 20.1 Å². The highest BCUT2D eigenvalue weighted by molar-refractivity contribution is 7.59. The van der Waals surface area contributed by atoms with E-state index in [1.807, 2.05) is 9.13 Å². The number of aromatic nitrogens is 2. The molecule has 6 aromatic rings. The third-order valence-electron chi connectivity index (χ3n) is 13.9. The molecule has 0 unspecified atom stereocenters. The minimum Gasteiger partial charge on any atom is -0.491 e. The number of pyridine rings is 2. The maximum Gasteiger partial charge on any atom is 0.490 e. The molecule has 4 aromatic carbocycles. The lowest BCUT2D eigenvalue weighted by molar-refractivity contribution is -0.192. The molecule has 2 saturated carbocycles. The van der Waals surface area contributed by atoms with Crippen LogP contribution in [0.1, 0.15) is 84.2 Å². The highest BCUT2D eigenvalue weighted by Crippen LogP contribution is 2.39. The third-order valence-corrected chi connectivity index (χ3v) is 15.1. The van der Waals surface area contributed by atoms with E-state index in [0.717, 1.165) is 70.4 Å². The maximum atomic E-state index is 14.1. The van der Waals surface area contributed by atoms with Crippen LogP contribution in [-0.2, 0) is 9.53 Å². The van der Waals surface area contributed by atoms with E-state index in [0.29, 0.717) is 55.9 Å². The van der Waals surface area contributed by atoms with Crippen LogP contribution < -0.4 is 36.3 Å². The predicted octanol–water partition coefficient (Wildman–Crippen LogP) is 10.2. The van der Waals surface area contributed by atoms with E-state index in [2.05, 4.69) is 20.9 Å².